The van der Waals surface area contributed by atoms with Gasteiger partial charge in [0.2, 0.25) is 0 Å². The van der Waals surface area contributed by atoms with Crippen molar-refractivity contribution in [1.82, 2.24) is 15.1 Å². The molecule has 1 fully saturated rings. The maximum absolute atomic E-state index is 13.5. The van der Waals surface area contributed by atoms with E-state index in [9.17, 15) is 9.90 Å². The predicted molar refractivity (Wildman–Crippen MR) is 122 cm³/mol. The molecule has 0 bridgehead atoms. The average molecular weight is 450 g/mol. The Kier molecular flexibility index (Phi) is 5.68. The van der Waals surface area contributed by atoms with Gasteiger partial charge in [-0.3, -0.25) is 9.89 Å². The first kappa shape index (κ1) is 21.3. The van der Waals surface area contributed by atoms with Crippen molar-refractivity contribution >= 4 is 5.91 Å². The molecule has 0 aliphatic carbocycles. The van der Waals surface area contributed by atoms with E-state index < -0.39 is 6.04 Å². The number of methoxy groups -OCH3 is 1. The number of fused-ring (bicyclic) bond motifs is 1. The highest BCUT2D eigenvalue weighted by Crippen LogP contribution is 2.46. The lowest BCUT2D eigenvalue weighted by molar-refractivity contribution is 0.0495. The van der Waals surface area contributed by atoms with E-state index in [0.717, 1.165) is 24.0 Å². The van der Waals surface area contributed by atoms with Gasteiger partial charge in [0.25, 0.3) is 5.91 Å². The summed E-state index contributed by atoms with van der Waals surface area (Å²) in [5, 5.41) is 17.9. The normalized spacial score (nSPS) is 19.7. The number of benzene rings is 2. The molecule has 2 aliphatic rings. The van der Waals surface area contributed by atoms with Gasteiger partial charge in [0.05, 0.1) is 25.9 Å². The third kappa shape index (κ3) is 3.70. The van der Waals surface area contributed by atoms with Crippen molar-refractivity contribution < 1.29 is 24.1 Å². The van der Waals surface area contributed by atoms with E-state index in [1.165, 1.54) is 0 Å². The summed E-state index contributed by atoms with van der Waals surface area (Å²) in [6.45, 7) is 3.63. The van der Waals surface area contributed by atoms with Gasteiger partial charge in [-0.05, 0) is 49.6 Å². The van der Waals surface area contributed by atoms with Crippen LogP contribution in [0.4, 0.5) is 0 Å². The highest BCUT2D eigenvalue weighted by Gasteiger charge is 2.44. The molecule has 33 heavy (non-hydrogen) atoms. The molecule has 1 aromatic heterocycles. The zero-order valence-corrected chi connectivity index (χ0v) is 18.7. The van der Waals surface area contributed by atoms with E-state index in [1.807, 2.05) is 36.1 Å². The number of ether oxygens (including phenoxy) is 3. The van der Waals surface area contributed by atoms with Gasteiger partial charge in [-0.25, -0.2) is 0 Å². The number of nitrogens with zero attached hydrogens (tertiary/aromatic N) is 2. The number of amides is 1. The van der Waals surface area contributed by atoms with E-state index in [0.29, 0.717) is 48.2 Å². The Hall–Kier alpha value is -3.52. The zero-order chi connectivity index (χ0) is 22.9. The van der Waals surface area contributed by atoms with E-state index in [1.54, 1.807) is 25.3 Å². The molecule has 1 saturated heterocycles. The third-order valence-electron chi connectivity index (χ3n) is 6.25. The van der Waals surface area contributed by atoms with Gasteiger partial charge in [-0.2, -0.15) is 5.10 Å². The number of rotatable bonds is 7. The van der Waals surface area contributed by atoms with Crippen molar-refractivity contribution in [2.45, 2.75) is 31.9 Å². The quantitative estimate of drug-likeness (QED) is 0.568. The minimum atomic E-state index is -0.408. The number of nitrogens with one attached hydrogen (secondary N) is 1. The Labute approximate surface area is 192 Å². The van der Waals surface area contributed by atoms with Gasteiger partial charge in [0.15, 0.2) is 11.5 Å². The van der Waals surface area contributed by atoms with Crippen LogP contribution < -0.4 is 9.47 Å². The number of aromatic hydroxyl groups is 1. The summed E-state index contributed by atoms with van der Waals surface area (Å²) in [7, 11) is 1.60. The van der Waals surface area contributed by atoms with Gasteiger partial charge in [0.1, 0.15) is 17.1 Å². The molecular formula is C25H27N3O5. The molecule has 5 rings (SSSR count). The number of H-pyrrole nitrogens is 1. The van der Waals surface area contributed by atoms with Crippen LogP contribution in [0.25, 0.3) is 11.3 Å². The molecule has 3 aromatic rings. The molecule has 2 N–H and O–H groups in total. The fourth-order valence-corrected chi connectivity index (χ4v) is 4.75. The molecule has 1 amide bonds. The minimum absolute atomic E-state index is 0.00779. The minimum Gasteiger partial charge on any atom is -0.507 e. The summed E-state index contributed by atoms with van der Waals surface area (Å²) in [6, 6.07) is 12.3. The first-order chi connectivity index (χ1) is 16.1. The Morgan fingerprint density at radius 2 is 2.09 bits per heavy atom. The maximum atomic E-state index is 13.5. The highest BCUT2D eigenvalue weighted by molar-refractivity contribution is 6.00. The van der Waals surface area contributed by atoms with Gasteiger partial charge in [-0.1, -0.05) is 18.2 Å². The Bertz CT molecular complexity index is 1170. The fourth-order valence-electron chi connectivity index (χ4n) is 4.75. The van der Waals surface area contributed by atoms with Crippen molar-refractivity contribution in [2.24, 2.45) is 0 Å². The van der Waals surface area contributed by atoms with E-state index in [4.69, 9.17) is 14.2 Å². The number of hydrogen-bond acceptors (Lipinski definition) is 6. The number of aromatic amines is 1. The lowest BCUT2D eigenvalue weighted by atomic mass is 9.95. The van der Waals surface area contributed by atoms with Crippen LogP contribution in [0, 0.1) is 0 Å². The summed E-state index contributed by atoms with van der Waals surface area (Å²) >= 11 is 0. The lowest BCUT2D eigenvalue weighted by Gasteiger charge is -2.29. The van der Waals surface area contributed by atoms with E-state index >= 15 is 0 Å². The number of carbonyl (C=O) groups excluding carboxylic acids is 1. The van der Waals surface area contributed by atoms with Crippen molar-refractivity contribution in [2.75, 3.05) is 26.9 Å². The van der Waals surface area contributed by atoms with E-state index in [2.05, 4.69) is 10.2 Å². The molecule has 2 atom stereocenters. The standard InChI is InChI=1S/C25H27N3O5/c1-3-32-19-11-10-15(13-20(19)31-2)24-21-22(17-8-4-5-9-18(17)29)26-27-23(21)25(30)28(24)14-16-7-6-12-33-16/h4-5,8-11,13,16,24,29H,3,6-7,12,14H2,1-2H3,(H,26,27)/t16-,24-/m1/s1. The second-order valence-corrected chi connectivity index (χ2v) is 8.22. The number of hydrogen-bond donors (Lipinski definition) is 2. The van der Waals surface area contributed by atoms with Crippen molar-refractivity contribution in [3.05, 3.63) is 59.3 Å². The second-order valence-electron chi connectivity index (χ2n) is 8.22. The van der Waals surface area contributed by atoms with Gasteiger partial charge >= 0.3 is 0 Å². The van der Waals surface area contributed by atoms with Crippen LogP contribution in [-0.2, 0) is 4.74 Å². The fraction of sp³-hybridized carbons (Fsp3) is 0.360. The number of para-hydroxylation sites is 1. The molecule has 8 heteroatoms. The van der Waals surface area contributed by atoms with E-state index in [-0.39, 0.29) is 17.8 Å². The smallest absolute Gasteiger partial charge is 0.273 e. The third-order valence-corrected chi connectivity index (χ3v) is 6.25. The second kappa shape index (κ2) is 8.78. The largest absolute Gasteiger partial charge is 0.507 e. The van der Waals surface area contributed by atoms with Crippen molar-refractivity contribution in [1.29, 1.82) is 0 Å². The maximum Gasteiger partial charge on any atom is 0.273 e. The summed E-state index contributed by atoms with van der Waals surface area (Å²) in [5.41, 5.74) is 3.18. The number of aromatic nitrogens is 2. The Morgan fingerprint density at radius 3 is 2.82 bits per heavy atom. The van der Waals surface area contributed by atoms with Gasteiger partial charge in [0, 0.05) is 24.3 Å². The SMILES string of the molecule is CCOc1ccc([C@@H]2c3c(-c4ccccc4O)n[nH]c3C(=O)N2C[C@H]2CCCO2)cc1OC. The van der Waals surface area contributed by atoms with Gasteiger partial charge in [-0.15, -0.1) is 0 Å². The highest BCUT2D eigenvalue weighted by atomic mass is 16.5. The molecule has 8 nitrogen and oxygen atoms in total. The Morgan fingerprint density at radius 1 is 1.24 bits per heavy atom. The van der Waals surface area contributed by atoms with Crippen LogP contribution >= 0.6 is 0 Å². The first-order valence-electron chi connectivity index (χ1n) is 11.2. The van der Waals surface area contributed by atoms with Crippen LogP contribution in [0.2, 0.25) is 0 Å². The van der Waals surface area contributed by atoms with Crippen LogP contribution in [0.5, 0.6) is 17.2 Å². The predicted octanol–water partition coefficient (Wildman–Crippen LogP) is 3.91. The molecular weight excluding hydrogens is 422 g/mol. The lowest BCUT2D eigenvalue weighted by Crippen LogP contribution is -2.36. The summed E-state index contributed by atoms with van der Waals surface area (Å²) in [6.07, 6.45) is 1.90. The summed E-state index contributed by atoms with van der Waals surface area (Å²) in [5.74, 6) is 1.22. The van der Waals surface area contributed by atoms with Crippen LogP contribution in [-0.4, -0.2) is 59.1 Å². The molecule has 3 heterocycles. The Balaban J connectivity index is 1.64. The van der Waals surface area contributed by atoms with Crippen LogP contribution in [0.3, 0.4) is 0 Å². The number of phenols is 1. The van der Waals surface area contributed by atoms with Crippen molar-refractivity contribution in [3.63, 3.8) is 0 Å². The molecule has 0 radical (unpaired) electrons. The number of phenolic OH excluding ortho intramolecular Hbond substituents is 1. The van der Waals surface area contributed by atoms with Crippen LogP contribution in [0.1, 0.15) is 47.4 Å². The van der Waals surface area contributed by atoms with Gasteiger partial charge < -0.3 is 24.2 Å². The molecule has 0 saturated carbocycles. The van der Waals surface area contributed by atoms with Crippen LogP contribution in [0.15, 0.2) is 42.5 Å². The average Bonchev–Trinajstić information content (AvgIpc) is 3.55. The zero-order valence-electron chi connectivity index (χ0n) is 18.7. The molecule has 2 aromatic carbocycles. The molecule has 0 spiro atoms. The first-order valence-corrected chi connectivity index (χ1v) is 11.2. The topological polar surface area (TPSA) is 96.9 Å². The molecule has 172 valence electrons. The van der Waals surface area contributed by atoms with Crippen molar-refractivity contribution in [3.8, 4) is 28.5 Å². The molecule has 2 aliphatic heterocycles. The monoisotopic (exact) mass is 449 g/mol. The summed E-state index contributed by atoms with van der Waals surface area (Å²) < 4.78 is 17.1. The number of carbonyl (C=O) groups is 1. The molecule has 0 unspecified atom stereocenters. The summed E-state index contributed by atoms with van der Waals surface area (Å²) in [4.78, 5) is 15.3.